The molecule has 33 heavy (non-hydrogen) atoms. The van der Waals surface area contributed by atoms with E-state index in [1.54, 1.807) is 0 Å². The summed E-state index contributed by atoms with van der Waals surface area (Å²) in [6.45, 7) is 6.10. The van der Waals surface area contributed by atoms with Crippen molar-refractivity contribution in [3.05, 3.63) is 95.2 Å². The number of benzene rings is 3. The summed E-state index contributed by atoms with van der Waals surface area (Å²) in [4.78, 5) is 30.8. The SMILES string of the molecule is Cc1ccc(NC2=C(c3ccc(C)cc3)C(=O)N(c3ccc(N4CCCC4)cc3)C2=O)cc1. The van der Waals surface area contributed by atoms with Gasteiger partial charge in [0.1, 0.15) is 5.70 Å². The van der Waals surface area contributed by atoms with Gasteiger partial charge >= 0.3 is 0 Å². The largest absolute Gasteiger partial charge is 0.372 e. The van der Waals surface area contributed by atoms with Crippen molar-refractivity contribution < 1.29 is 9.59 Å². The first-order chi connectivity index (χ1) is 16.0. The molecule has 2 aliphatic heterocycles. The van der Waals surface area contributed by atoms with Crippen LogP contribution in [0.25, 0.3) is 5.57 Å². The van der Waals surface area contributed by atoms with E-state index in [1.807, 2.05) is 86.6 Å². The lowest BCUT2D eigenvalue weighted by molar-refractivity contribution is -0.120. The Labute approximate surface area is 194 Å². The van der Waals surface area contributed by atoms with Crippen molar-refractivity contribution in [1.82, 2.24) is 0 Å². The molecule has 0 aliphatic carbocycles. The summed E-state index contributed by atoms with van der Waals surface area (Å²) in [6, 6.07) is 23.2. The van der Waals surface area contributed by atoms with Gasteiger partial charge in [-0.05, 0) is 68.7 Å². The van der Waals surface area contributed by atoms with Gasteiger partial charge in [0.25, 0.3) is 11.8 Å². The molecule has 2 amide bonds. The summed E-state index contributed by atoms with van der Waals surface area (Å²) in [7, 11) is 0. The van der Waals surface area contributed by atoms with E-state index < -0.39 is 0 Å². The first-order valence-corrected chi connectivity index (χ1v) is 11.4. The highest BCUT2D eigenvalue weighted by molar-refractivity contribution is 6.46. The van der Waals surface area contributed by atoms with Crippen LogP contribution in [0.2, 0.25) is 0 Å². The van der Waals surface area contributed by atoms with E-state index in [-0.39, 0.29) is 11.8 Å². The molecule has 0 bridgehead atoms. The second-order valence-electron chi connectivity index (χ2n) is 8.76. The molecule has 0 atom stereocenters. The normalized spacial score (nSPS) is 16.2. The van der Waals surface area contributed by atoms with E-state index in [2.05, 4.69) is 10.2 Å². The van der Waals surface area contributed by atoms with Crippen molar-refractivity contribution in [2.75, 3.05) is 28.2 Å². The summed E-state index contributed by atoms with van der Waals surface area (Å²) < 4.78 is 0. The van der Waals surface area contributed by atoms with Crippen LogP contribution >= 0.6 is 0 Å². The number of anilines is 3. The molecule has 166 valence electrons. The van der Waals surface area contributed by atoms with Crippen LogP contribution in [-0.4, -0.2) is 24.9 Å². The minimum absolute atomic E-state index is 0.302. The first kappa shape index (κ1) is 21.0. The molecule has 1 fully saturated rings. The van der Waals surface area contributed by atoms with Gasteiger partial charge in [-0.2, -0.15) is 0 Å². The predicted molar refractivity (Wildman–Crippen MR) is 133 cm³/mol. The highest BCUT2D eigenvalue weighted by Crippen LogP contribution is 2.35. The van der Waals surface area contributed by atoms with Crippen molar-refractivity contribution >= 4 is 34.4 Å². The summed E-state index contributed by atoms with van der Waals surface area (Å²) in [5.74, 6) is -0.655. The summed E-state index contributed by atoms with van der Waals surface area (Å²) in [5, 5.41) is 3.23. The van der Waals surface area contributed by atoms with Gasteiger partial charge in [0.2, 0.25) is 0 Å². The second kappa shape index (κ2) is 8.58. The third kappa shape index (κ3) is 4.02. The van der Waals surface area contributed by atoms with Crippen molar-refractivity contribution in [3.63, 3.8) is 0 Å². The van der Waals surface area contributed by atoms with Crippen LogP contribution in [0.4, 0.5) is 17.1 Å². The molecule has 5 nitrogen and oxygen atoms in total. The molecule has 0 spiro atoms. The maximum Gasteiger partial charge on any atom is 0.282 e. The highest BCUT2D eigenvalue weighted by atomic mass is 16.2. The smallest absolute Gasteiger partial charge is 0.282 e. The van der Waals surface area contributed by atoms with Gasteiger partial charge in [0.05, 0.1) is 11.3 Å². The number of rotatable bonds is 5. The van der Waals surface area contributed by atoms with E-state index in [1.165, 1.54) is 17.7 Å². The van der Waals surface area contributed by atoms with Crippen molar-refractivity contribution in [3.8, 4) is 0 Å². The zero-order chi connectivity index (χ0) is 22.9. The number of hydrogen-bond donors (Lipinski definition) is 1. The first-order valence-electron chi connectivity index (χ1n) is 11.4. The lowest BCUT2D eigenvalue weighted by atomic mass is 10.0. The molecule has 0 saturated carbocycles. The Bertz CT molecular complexity index is 1220. The highest BCUT2D eigenvalue weighted by Gasteiger charge is 2.40. The van der Waals surface area contributed by atoms with E-state index in [0.717, 1.165) is 41.2 Å². The molecule has 0 aromatic heterocycles. The Kier molecular flexibility index (Phi) is 5.47. The number of carbonyl (C=O) groups is 2. The third-order valence-electron chi connectivity index (χ3n) is 6.32. The van der Waals surface area contributed by atoms with Crippen LogP contribution in [0.3, 0.4) is 0 Å². The molecule has 0 radical (unpaired) electrons. The fraction of sp³-hybridized carbons (Fsp3) is 0.214. The fourth-order valence-electron chi connectivity index (χ4n) is 4.44. The molecule has 5 rings (SSSR count). The molecule has 5 heteroatoms. The zero-order valence-electron chi connectivity index (χ0n) is 19.0. The molecule has 3 aromatic rings. The Morgan fingerprint density at radius 1 is 0.667 bits per heavy atom. The van der Waals surface area contributed by atoms with Crippen LogP contribution in [-0.2, 0) is 9.59 Å². The van der Waals surface area contributed by atoms with E-state index in [4.69, 9.17) is 0 Å². The van der Waals surface area contributed by atoms with Gasteiger partial charge in [-0.15, -0.1) is 0 Å². The molecule has 1 N–H and O–H groups in total. The molecule has 2 aliphatic rings. The van der Waals surface area contributed by atoms with Gasteiger partial charge in [0, 0.05) is 24.5 Å². The van der Waals surface area contributed by atoms with Crippen LogP contribution in [0.1, 0.15) is 29.5 Å². The number of nitrogens with one attached hydrogen (secondary N) is 1. The van der Waals surface area contributed by atoms with E-state index in [0.29, 0.717) is 17.0 Å². The van der Waals surface area contributed by atoms with Gasteiger partial charge < -0.3 is 10.2 Å². The van der Waals surface area contributed by atoms with Crippen LogP contribution in [0.15, 0.2) is 78.5 Å². The van der Waals surface area contributed by atoms with Gasteiger partial charge in [-0.25, -0.2) is 4.90 Å². The molecular formula is C28H27N3O2. The lowest BCUT2D eigenvalue weighted by Gasteiger charge is -2.20. The van der Waals surface area contributed by atoms with Crippen LogP contribution in [0, 0.1) is 13.8 Å². The number of imide groups is 1. The Balaban J connectivity index is 1.51. The maximum atomic E-state index is 13.6. The quantitative estimate of drug-likeness (QED) is 0.551. The number of carbonyl (C=O) groups excluding carboxylic acids is 2. The average Bonchev–Trinajstić information content (AvgIpc) is 3.44. The lowest BCUT2D eigenvalue weighted by Crippen LogP contribution is -2.32. The van der Waals surface area contributed by atoms with Crippen molar-refractivity contribution in [2.24, 2.45) is 0 Å². The fourth-order valence-corrected chi connectivity index (χ4v) is 4.44. The molecule has 3 aromatic carbocycles. The Hall–Kier alpha value is -3.86. The second-order valence-corrected chi connectivity index (χ2v) is 8.76. The average molecular weight is 438 g/mol. The van der Waals surface area contributed by atoms with Crippen LogP contribution < -0.4 is 15.1 Å². The molecule has 2 heterocycles. The molecule has 0 unspecified atom stereocenters. The van der Waals surface area contributed by atoms with Gasteiger partial charge in [-0.1, -0.05) is 47.5 Å². The maximum absolute atomic E-state index is 13.6. The van der Waals surface area contributed by atoms with Crippen LogP contribution in [0.5, 0.6) is 0 Å². The van der Waals surface area contributed by atoms with E-state index >= 15 is 0 Å². The predicted octanol–water partition coefficient (Wildman–Crippen LogP) is 5.30. The van der Waals surface area contributed by atoms with Crippen molar-refractivity contribution in [2.45, 2.75) is 26.7 Å². The molecular weight excluding hydrogens is 410 g/mol. The number of nitrogens with zero attached hydrogens (tertiary/aromatic N) is 2. The topological polar surface area (TPSA) is 52.7 Å². The number of hydrogen-bond acceptors (Lipinski definition) is 4. The minimum atomic E-state index is -0.343. The van der Waals surface area contributed by atoms with Gasteiger partial charge in [0.15, 0.2) is 0 Å². The zero-order valence-corrected chi connectivity index (χ0v) is 19.0. The minimum Gasteiger partial charge on any atom is -0.372 e. The third-order valence-corrected chi connectivity index (χ3v) is 6.32. The number of amides is 2. The summed E-state index contributed by atoms with van der Waals surface area (Å²) in [5.41, 5.74) is 6.12. The summed E-state index contributed by atoms with van der Waals surface area (Å²) >= 11 is 0. The number of aryl methyl sites for hydroxylation is 2. The Morgan fingerprint density at radius 3 is 1.82 bits per heavy atom. The van der Waals surface area contributed by atoms with Gasteiger partial charge in [-0.3, -0.25) is 9.59 Å². The standard InChI is InChI=1S/C28H27N3O2/c1-19-5-9-21(10-6-19)25-26(29-22-11-7-20(2)8-12-22)28(33)31(27(25)32)24-15-13-23(14-16-24)30-17-3-4-18-30/h5-16,29H,3-4,17-18H2,1-2H3. The monoisotopic (exact) mass is 437 g/mol. The molecule has 1 saturated heterocycles. The van der Waals surface area contributed by atoms with Crippen molar-refractivity contribution in [1.29, 1.82) is 0 Å². The van der Waals surface area contributed by atoms with E-state index in [9.17, 15) is 9.59 Å². The Morgan fingerprint density at radius 2 is 1.21 bits per heavy atom. The summed E-state index contributed by atoms with van der Waals surface area (Å²) in [6.07, 6.45) is 2.39.